The number of benzene rings is 1. The van der Waals surface area contributed by atoms with Gasteiger partial charge in [-0.15, -0.1) is 0 Å². The van der Waals surface area contributed by atoms with E-state index in [4.69, 9.17) is 5.21 Å². The van der Waals surface area contributed by atoms with E-state index < -0.39 is 6.10 Å². The fourth-order valence-corrected chi connectivity index (χ4v) is 3.95. The molecule has 24 heavy (non-hydrogen) atoms. The van der Waals surface area contributed by atoms with Crippen LogP contribution >= 0.6 is 0 Å². The fourth-order valence-electron chi connectivity index (χ4n) is 3.95. The number of likely N-dealkylation sites (tertiary alicyclic amines) is 1. The minimum absolute atomic E-state index is 0.428. The Bertz CT molecular complexity index is 700. The summed E-state index contributed by atoms with van der Waals surface area (Å²) in [5, 5.41) is 23.7. The van der Waals surface area contributed by atoms with Gasteiger partial charge >= 0.3 is 0 Å². The summed E-state index contributed by atoms with van der Waals surface area (Å²) in [7, 11) is 0. The molecule has 0 aliphatic carbocycles. The molecule has 1 saturated heterocycles. The zero-order valence-electron chi connectivity index (χ0n) is 14.5. The topological polar surface area (TPSA) is 61.0 Å². The van der Waals surface area contributed by atoms with Crippen molar-refractivity contribution in [2.75, 3.05) is 6.54 Å². The lowest BCUT2D eigenvalue weighted by Gasteiger charge is -2.40. The molecule has 1 aromatic carbocycles. The highest BCUT2D eigenvalue weighted by atomic mass is 16.4. The molecule has 0 saturated carbocycles. The number of para-hydroxylation sites is 1. The predicted octanol–water partition coefficient (Wildman–Crippen LogP) is 3.07. The summed E-state index contributed by atoms with van der Waals surface area (Å²) in [5.74, 6) is 0. The molecule has 3 atom stereocenters. The first-order valence-electron chi connectivity index (χ1n) is 8.79. The minimum Gasteiger partial charge on any atom is -0.411 e. The third-order valence-corrected chi connectivity index (χ3v) is 5.22. The highest BCUT2D eigenvalue weighted by molar-refractivity contribution is 5.99. The van der Waals surface area contributed by atoms with Crippen molar-refractivity contribution in [3.8, 4) is 0 Å². The molecule has 0 amide bonds. The Hall–Kier alpha value is -1.85. The van der Waals surface area contributed by atoms with Gasteiger partial charge in [0.1, 0.15) is 0 Å². The van der Waals surface area contributed by atoms with Crippen molar-refractivity contribution in [2.24, 2.45) is 5.16 Å². The predicted molar refractivity (Wildman–Crippen MR) is 96.8 cm³/mol. The van der Waals surface area contributed by atoms with Crippen LogP contribution in [0, 0.1) is 0 Å². The average molecular weight is 329 g/mol. The Kier molecular flexibility index (Phi) is 5.21. The minimum atomic E-state index is -0.428. The summed E-state index contributed by atoms with van der Waals surface area (Å²) >= 11 is 0. The first-order valence-corrected chi connectivity index (χ1v) is 8.79. The molecule has 2 aromatic rings. The van der Waals surface area contributed by atoms with Gasteiger partial charge in [-0.05, 0) is 32.8 Å². The molecule has 1 aromatic heterocycles. The normalized spacial score (nSPS) is 24.0. The zero-order valence-corrected chi connectivity index (χ0v) is 14.5. The molecule has 1 fully saturated rings. The highest BCUT2D eigenvalue weighted by Crippen LogP contribution is 2.24. The molecule has 130 valence electrons. The summed E-state index contributed by atoms with van der Waals surface area (Å²) in [4.78, 5) is 2.43. The molecule has 0 bridgehead atoms. The Morgan fingerprint density at radius 3 is 2.62 bits per heavy atom. The number of rotatable bonds is 5. The van der Waals surface area contributed by atoms with Gasteiger partial charge in [-0.2, -0.15) is 0 Å². The van der Waals surface area contributed by atoms with Gasteiger partial charge in [0.15, 0.2) is 0 Å². The standard InChI is InChI=1S/C19H27N3O2/c1-14-6-5-7-15(2)22(14)13-17(23)12-21-11-16(10-20-24)18-8-3-4-9-19(18)21/h3-4,8-11,14-15,17,23-24H,5-7,12-13H2,1-2H3/b20-10+. The molecule has 5 heteroatoms. The Balaban J connectivity index is 1.77. The Labute approximate surface area is 143 Å². The van der Waals surface area contributed by atoms with Crippen molar-refractivity contribution in [2.45, 2.75) is 57.8 Å². The number of oxime groups is 1. The van der Waals surface area contributed by atoms with Crippen molar-refractivity contribution >= 4 is 17.1 Å². The van der Waals surface area contributed by atoms with E-state index in [1.54, 1.807) is 0 Å². The van der Waals surface area contributed by atoms with Crippen molar-refractivity contribution in [3.63, 3.8) is 0 Å². The molecule has 2 N–H and O–H groups in total. The van der Waals surface area contributed by atoms with Crippen LogP contribution in [0.3, 0.4) is 0 Å². The highest BCUT2D eigenvalue weighted by Gasteiger charge is 2.26. The zero-order chi connectivity index (χ0) is 17.1. The molecule has 1 aliphatic rings. The smallest absolute Gasteiger partial charge is 0.0845 e. The van der Waals surface area contributed by atoms with Gasteiger partial charge in [-0.25, -0.2) is 0 Å². The van der Waals surface area contributed by atoms with E-state index in [1.165, 1.54) is 25.5 Å². The van der Waals surface area contributed by atoms with E-state index in [1.807, 2.05) is 30.5 Å². The number of hydrogen-bond donors (Lipinski definition) is 2. The van der Waals surface area contributed by atoms with E-state index in [2.05, 4.69) is 28.5 Å². The van der Waals surface area contributed by atoms with E-state index in [0.717, 1.165) is 16.5 Å². The maximum atomic E-state index is 10.6. The lowest BCUT2D eigenvalue weighted by atomic mass is 9.97. The van der Waals surface area contributed by atoms with Crippen LogP contribution in [0.15, 0.2) is 35.6 Å². The van der Waals surface area contributed by atoms with Crippen molar-refractivity contribution in [1.29, 1.82) is 0 Å². The van der Waals surface area contributed by atoms with Crippen molar-refractivity contribution in [1.82, 2.24) is 9.47 Å². The second-order valence-electron chi connectivity index (χ2n) is 6.98. The van der Waals surface area contributed by atoms with Gasteiger partial charge in [0, 0.05) is 47.8 Å². The number of piperidine rings is 1. The summed E-state index contributed by atoms with van der Waals surface area (Å²) in [6.45, 7) is 5.74. The molecule has 1 aliphatic heterocycles. The quantitative estimate of drug-likeness (QED) is 0.503. The van der Waals surface area contributed by atoms with Crippen LogP contribution in [0.25, 0.3) is 10.9 Å². The van der Waals surface area contributed by atoms with Crippen LogP contribution in [-0.4, -0.2) is 50.7 Å². The largest absolute Gasteiger partial charge is 0.411 e. The second-order valence-corrected chi connectivity index (χ2v) is 6.98. The van der Waals surface area contributed by atoms with Gasteiger partial charge in [0.2, 0.25) is 0 Å². The van der Waals surface area contributed by atoms with E-state index in [9.17, 15) is 5.11 Å². The molecular weight excluding hydrogens is 302 g/mol. The molecule has 0 radical (unpaired) electrons. The Morgan fingerprint density at radius 1 is 1.21 bits per heavy atom. The number of hydrogen-bond acceptors (Lipinski definition) is 4. The molecule has 3 rings (SSSR count). The summed E-state index contributed by atoms with van der Waals surface area (Å²) in [6, 6.07) is 9.05. The fraction of sp³-hybridized carbons (Fsp3) is 0.526. The van der Waals surface area contributed by atoms with Gasteiger partial charge in [-0.3, -0.25) is 4.90 Å². The van der Waals surface area contributed by atoms with Gasteiger partial charge < -0.3 is 14.9 Å². The van der Waals surface area contributed by atoms with Crippen LogP contribution in [0.4, 0.5) is 0 Å². The molecule has 2 heterocycles. The van der Waals surface area contributed by atoms with E-state index >= 15 is 0 Å². The van der Waals surface area contributed by atoms with Gasteiger partial charge in [0.25, 0.3) is 0 Å². The summed E-state index contributed by atoms with van der Waals surface area (Å²) in [6.07, 6.45) is 6.65. The number of aromatic nitrogens is 1. The van der Waals surface area contributed by atoms with Crippen LogP contribution in [0.2, 0.25) is 0 Å². The van der Waals surface area contributed by atoms with Crippen LogP contribution in [-0.2, 0) is 6.54 Å². The Morgan fingerprint density at radius 2 is 1.92 bits per heavy atom. The number of fused-ring (bicyclic) bond motifs is 1. The average Bonchev–Trinajstić information content (AvgIpc) is 2.90. The number of aliphatic hydroxyl groups is 1. The van der Waals surface area contributed by atoms with Gasteiger partial charge in [-0.1, -0.05) is 29.8 Å². The molecular formula is C19H27N3O2. The third kappa shape index (κ3) is 3.47. The van der Waals surface area contributed by atoms with Gasteiger partial charge in [0.05, 0.1) is 12.3 Å². The number of nitrogens with zero attached hydrogens (tertiary/aromatic N) is 3. The monoisotopic (exact) mass is 329 g/mol. The summed E-state index contributed by atoms with van der Waals surface area (Å²) in [5.41, 5.74) is 1.91. The molecule has 0 spiro atoms. The van der Waals surface area contributed by atoms with Crippen molar-refractivity contribution in [3.05, 3.63) is 36.0 Å². The third-order valence-electron chi connectivity index (χ3n) is 5.22. The van der Waals surface area contributed by atoms with Crippen LogP contribution in [0.5, 0.6) is 0 Å². The first-order chi connectivity index (χ1) is 11.6. The lowest BCUT2D eigenvalue weighted by Crippen LogP contribution is -2.47. The SMILES string of the molecule is CC1CCCC(C)N1CC(O)Cn1cc(/C=N/O)c2ccccc21. The lowest BCUT2D eigenvalue weighted by molar-refractivity contribution is 0.0352. The van der Waals surface area contributed by atoms with Crippen molar-refractivity contribution < 1.29 is 10.3 Å². The summed E-state index contributed by atoms with van der Waals surface area (Å²) < 4.78 is 2.05. The number of aliphatic hydroxyl groups excluding tert-OH is 1. The molecule has 5 nitrogen and oxygen atoms in total. The van der Waals surface area contributed by atoms with Crippen LogP contribution < -0.4 is 0 Å². The van der Waals surface area contributed by atoms with E-state index in [0.29, 0.717) is 25.2 Å². The second kappa shape index (κ2) is 7.36. The van der Waals surface area contributed by atoms with Crippen LogP contribution in [0.1, 0.15) is 38.7 Å². The molecule has 3 unspecified atom stereocenters. The first kappa shape index (κ1) is 17.0. The maximum absolute atomic E-state index is 10.6. The number of β-amino-alcohol motifs (C(OH)–C–C–N with tert-alkyl or cyclic N) is 1. The maximum Gasteiger partial charge on any atom is 0.0845 e. The van der Waals surface area contributed by atoms with E-state index in [-0.39, 0.29) is 0 Å².